The van der Waals surface area contributed by atoms with Gasteiger partial charge in [-0.2, -0.15) is 0 Å². The van der Waals surface area contributed by atoms with E-state index in [1.807, 2.05) is 55.3 Å². The number of nitrogens with zero attached hydrogens (tertiary/aromatic N) is 5. The Morgan fingerprint density at radius 2 is 2.11 bits per heavy atom. The molecule has 4 heterocycles. The van der Waals surface area contributed by atoms with E-state index in [1.165, 1.54) is 0 Å². The topological polar surface area (TPSA) is 66.3 Å². The van der Waals surface area contributed by atoms with Crippen LogP contribution >= 0.6 is 0 Å². The van der Waals surface area contributed by atoms with E-state index in [1.54, 1.807) is 0 Å². The van der Waals surface area contributed by atoms with Crippen LogP contribution in [0.25, 0.3) is 0 Å². The molecule has 0 spiro atoms. The van der Waals surface area contributed by atoms with Gasteiger partial charge in [0.1, 0.15) is 0 Å². The largest absolute Gasteiger partial charge is 0.326 e. The van der Waals surface area contributed by atoms with Crippen molar-refractivity contribution in [1.82, 2.24) is 24.8 Å². The van der Waals surface area contributed by atoms with Crippen molar-refractivity contribution < 1.29 is 4.79 Å². The molecule has 27 heavy (non-hydrogen) atoms. The Morgan fingerprint density at radius 1 is 1.30 bits per heavy atom. The van der Waals surface area contributed by atoms with E-state index in [2.05, 4.69) is 25.4 Å². The zero-order chi connectivity index (χ0) is 18.8. The highest BCUT2D eigenvalue weighted by atomic mass is 16.2. The zero-order valence-electron chi connectivity index (χ0n) is 16.1. The first-order valence-corrected chi connectivity index (χ1v) is 9.72. The smallest absolute Gasteiger partial charge is 0.229 e. The summed E-state index contributed by atoms with van der Waals surface area (Å²) in [7, 11) is 4.07. The monoisotopic (exact) mass is 368 g/mol. The molecule has 144 valence electrons. The number of nitrogens with one attached hydrogen (secondary N) is 1. The standard InChI is InChI=1S/C20H28N6O/c1-24(2)11-17-12-26(23-22-17)13-18-10-15-8-9-25(18)14-19(15)20(27)21-16-6-4-3-5-7-16/h3-7,12,15,18-19H,8-11,13-14H2,1-2H3,(H,21,27)/t15?,18-,19+/m1/s1. The normalized spacial score (nSPS) is 27.1. The number of para-hydroxylation sites is 1. The highest BCUT2D eigenvalue weighted by Crippen LogP contribution is 2.37. The lowest BCUT2D eigenvalue weighted by Gasteiger charge is -2.49. The van der Waals surface area contributed by atoms with E-state index in [9.17, 15) is 4.79 Å². The number of hydrogen-bond donors (Lipinski definition) is 1. The molecule has 1 aromatic heterocycles. The van der Waals surface area contributed by atoms with Crippen LogP contribution in [0.15, 0.2) is 36.5 Å². The fraction of sp³-hybridized carbons (Fsp3) is 0.550. The lowest BCUT2D eigenvalue weighted by molar-refractivity contribution is -0.127. The van der Waals surface area contributed by atoms with Gasteiger partial charge in [0.25, 0.3) is 0 Å². The highest BCUT2D eigenvalue weighted by molar-refractivity contribution is 5.93. The molecular weight excluding hydrogens is 340 g/mol. The minimum atomic E-state index is 0.0789. The lowest BCUT2D eigenvalue weighted by Crippen LogP contribution is -2.57. The molecule has 4 atom stereocenters. The molecular formula is C20H28N6O. The van der Waals surface area contributed by atoms with Crippen LogP contribution in [-0.2, 0) is 17.9 Å². The number of amides is 1. The second-order valence-electron chi connectivity index (χ2n) is 8.06. The Balaban J connectivity index is 1.36. The van der Waals surface area contributed by atoms with E-state index in [0.29, 0.717) is 12.0 Å². The summed E-state index contributed by atoms with van der Waals surface area (Å²) in [5.74, 6) is 0.687. The first kappa shape index (κ1) is 18.1. The minimum Gasteiger partial charge on any atom is -0.326 e. The SMILES string of the molecule is CN(C)Cc1cn(C[C@H]2CC3CCN2C[C@@H]3C(=O)Nc2ccccc2)nn1. The van der Waals surface area contributed by atoms with Gasteiger partial charge in [0.2, 0.25) is 5.91 Å². The van der Waals surface area contributed by atoms with Crippen LogP contribution in [0.1, 0.15) is 18.5 Å². The summed E-state index contributed by atoms with van der Waals surface area (Å²) in [6.07, 6.45) is 4.20. The number of rotatable bonds is 6. The molecule has 2 bridgehead atoms. The summed E-state index contributed by atoms with van der Waals surface area (Å²) in [6.45, 7) is 3.57. The van der Waals surface area contributed by atoms with Gasteiger partial charge in [-0.25, -0.2) is 0 Å². The van der Waals surface area contributed by atoms with Gasteiger partial charge in [0.15, 0.2) is 0 Å². The van der Waals surface area contributed by atoms with Crippen LogP contribution in [0, 0.1) is 11.8 Å². The molecule has 2 unspecified atom stereocenters. The number of aromatic nitrogens is 3. The number of hydrogen-bond acceptors (Lipinski definition) is 5. The highest BCUT2D eigenvalue weighted by Gasteiger charge is 2.43. The lowest BCUT2D eigenvalue weighted by atomic mass is 9.75. The molecule has 1 aromatic carbocycles. The Hall–Kier alpha value is -2.25. The molecule has 7 nitrogen and oxygen atoms in total. The number of carbonyl (C=O) groups excluding carboxylic acids is 1. The first-order chi connectivity index (χ1) is 13.1. The summed E-state index contributed by atoms with van der Waals surface area (Å²) in [4.78, 5) is 17.3. The molecule has 0 radical (unpaired) electrons. The summed E-state index contributed by atoms with van der Waals surface area (Å²) in [6, 6.07) is 10.2. The van der Waals surface area contributed by atoms with Crippen LogP contribution in [0.2, 0.25) is 0 Å². The van der Waals surface area contributed by atoms with Crippen molar-refractivity contribution in [3.63, 3.8) is 0 Å². The van der Waals surface area contributed by atoms with E-state index < -0.39 is 0 Å². The number of benzene rings is 1. The van der Waals surface area contributed by atoms with Crippen molar-refractivity contribution in [2.24, 2.45) is 11.8 Å². The summed E-state index contributed by atoms with van der Waals surface area (Å²) in [5.41, 5.74) is 1.88. The third-order valence-electron chi connectivity index (χ3n) is 5.72. The fourth-order valence-electron chi connectivity index (χ4n) is 4.42. The second kappa shape index (κ2) is 7.78. The predicted octanol–water partition coefficient (Wildman–Crippen LogP) is 1.69. The van der Waals surface area contributed by atoms with Crippen molar-refractivity contribution in [1.29, 1.82) is 0 Å². The number of piperidine rings is 3. The van der Waals surface area contributed by atoms with Crippen molar-refractivity contribution in [2.75, 3.05) is 32.5 Å². The van der Waals surface area contributed by atoms with Crippen LogP contribution in [-0.4, -0.2) is 63.9 Å². The van der Waals surface area contributed by atoms with Crippen LogP contribution in [0.5, 0.6) is 0 Å². The molecule has 3 saturated heterocycles. The molecule has 2 aromatic rings. The van der Waals surface area contributed by atoms with Gasteiger partial charge in [-0.3, -0.25) is 14.4 Å². The molecule has 1 N–H and O–H groups in total. The van der Waals surface area contributed by atoms with Crippen LogP contribution in [0.4, 0.5) is 5.69 Å². The van der Waals surface area contributed by atoms with Gasteiger partial charge < -0.3 is 10.2 Å². The van der Waals surface area contributed by atoms with Gasteiger partial charge in [0, 0.05) is 31.0 Å². The van der Waals surface area contributed by atoms with Crippen molar-refractivity contribution in [3.8, 4) is 0 Å². The van der Waals surface area contributed by atoms with Gasteiger partial charge in [-0.1, -0.05) is 23.4 Å². The summed E-state index contributed by atoms with van der Waals surface area (Å²) < 4.78 is 1.96. The van der Waals surface area contributed by atoms with Crippen molar-refractivity contribution in [2.45, 2.75) is 32.0 Å². The molecule has 3 aliphatic rings. The van der Waals surface area contributed by atoms with E-state index in [0.717, 1.165) is 50.4 Å². The molecule has 3 aliphatic heterocycles. The Morgan fingerprint density at radius 3 is 2.81 bits per heavy atom. The number of anilines is 1. The van der Waals surface area contributed by atoms with Gasteiger partial charge in [0.05, 0.1) is 18.2 Å². The molecule has 0 saturated carbocycles. The Kier molecular flexibility index (Phi) is 5.22. The van der Waals surface area contributed by atoms with Crippen LogP contribution < -0.4 is 5.32 Å². The minimum absolute atomic E-state index is 0.0789. The third kappa shape index (κ3) is 4.20. The molecule has 3 fully saturated rings. The quantitative estimate of drug-likeness (QED) is 0.841. The third-order valence-corrected chi connectivity index (χ3v) is 5.72. The summed E-state index contributed by atoms with van der Waals surface area (Å²) >= 11 is 0. The van der Waals surface area contributed by atoms with E-state index in [-0.39, 0.29) is 11.8 Å². The maximum absolute atomic E-state index is 12.8. The average molecular weight is 368 g/mol. The summed E-state index contributed by atoms with van der Waals surface area (Å²) in [5, 5.41) is 11.6. The zero-order valence-corrected chi connectivity index (χ0v) is 16.1. The molecule has 7 heteroatoms. The van der Waals surface area contributed by atoms with Gasteiger partial charge in [-0.15, -0.1) is 5.10 Å². The maximum Gasteiger partial charge on any atom is 0.229 e. The number of fused-ring (bicyclic) bond motifs is 3. The molecule has 1 amide bonds. The van der Waals surface area contributed by atoms with Gasteiger partial charge >= 0.3 is 0 Å². The van der Waals surface area contributed by atoms with E-state index in [4.69, 9.17) is 0 Å². The predicted molar refractivity (Wildman–Crippen MR) is 104 cm³/mol. The Labute approximate surface area is 160 Å². The number of carbonyl (C=O) groups is 1. The van der Waals surface area contributed by atoms with Crippen LogP contribution in [0.3, 0.4) is 0 Å². The van der Waals surface area contributed by atoms with Gasteiger partial charge in [-0.05, 0) is 51.5 Å². The van der Waals surface area contributed by atoms with E-state index >= 15 is 0 Å². The maximum atomic E-state index is 12.8. The second-order valence-corrected chi connectivity index (χ2v) is 8.06. The molecule has 0 aliphatic carbocycles. The van der Waals surface area contributed by atoms with Crippen molar-refractivity contribution >= 4 is 11.6 Å². The molecule has 5 rings (SSSR count). The Bertz CT molecular complexity index is 774. The average Bonchev–Trinajstić information content (AvgIpc) is 3.09. The van der Waals surface area contributed by atoms with Crippen molar-refractivity contribution in [3.05, 3.63) is 42.2 Å². The fourth-order valence-corrected chi connectivity index (χ4v) is 4.42. The first-order valence-electron chi connectivity index (χ1n) is 9.72.